The number of hydrogen-bond acceptors (Lipinski definition) is 7. The molecule has 0 aliphatic carbocycles. The smallest absolute Gasteiger partial charge is 0.307 e. The number of nitrogens with one attached hydrogen (secondary N) is 1. The standard InChI is InChI=1S/C26H20BrIN2O6/c1-2-32-23-9-16(12-29-30-26(31)24-11-17-10-18(27)4-6-20(17)36-24)7-19(28)25(23)33-13-15-3-5-21-22(8-15)35-14-34-21/h3-12H,2,13-14H2,1H3,(H,30,31)/b29-12+. The van der Waals surface area contributed by atoms with Crippen LogP contribution < -0.4 is 24.4 Å². The lowest BCUT2D eigenvalue weighted by atomic mass is 10.2. The van der Waals surface area contributed by atoms with Crippen LogP contribution in [0.2, 0.25) is 0 Å². The van der Waals surface area contributed by atoms with Crippen molar-refractivity contribution in [2.75, 3.05) is 13.4 Å². The largest absolute Gasteiger partial charge is 0.490 e. The second-order valence-electron chi connectivity index (χ2n) is 7.73. The van der Waals surface area contributed by atoms with E-state index in [0.29, 0.717) is 36.0 Å². The summed E-state index contributed by atoms with van der Waals surface area (Å²) in [6, 6.07) is 16.6. The Bertz CT molecular complexity index is 1470. The zero-order valence-electron chi connectivity index (χ0n) is 19.0. The highest BCUT2D eigenvalue weighted by Crippen LogP contribution is 2.36. The zero-order valence-corrected chi connectivity index (χ0v) is 22.8. The summed E-state index contributed by atoms with van der Waals surface area (Å²) in [6.45, 7) is 2.94. The Morgan fingerprint density at radius 1 is 1.11 bits per heavy atom. The Kier molecular flexibility index (Phi) is 7.33. The Balaban J connectivity index is 1.27. The highest BCUT2D eigenvalue weighted by molar-refractivity contribution is 14.1. The molecule has 0 unspecified atom stereocenters. The van der Waals surface area contributed by atoms with Gasteiger partial charge in [-0.05, 0) is 89.2 Å². The number of hydrogen-bond donors (Lipinski definition) is 1. The Morgan fingerprint density at radius 3 is 2.83 bits per heavy atom. The summed E-state index contributed by atoms with van der Waals surface area (Å²) >= 11 is 5.60. The summed E-state index contributed by atoms with van der Waals surface area (Å²) < 4.78 is 30.1. The number of carbonyl (C=O) groups excluding carboxylic acids is 1. The van der Waals surface area contributed by atoms with Gasteiger partial charge in [0, 0.05) is 9.86 Å². The molecule has 0 spiro atoms. The lowest BCUT2D eigenvalue weighted by molar-refractivity contribution is 0.0929. The molecule has 0 saturated heterocycles. The maximum Gasteiger partial charge on any atom is 0.307 e. The number of hydrazone groups is 1. The van der Waals surface area contributed by atoms with Crippen molar-refractivity contribution in [3.63, 3.8) is 0 Å². The molecule has 10 heteroatoms. The number of halogens is 2. The van der Waals surface area contributed by atoms with Gasteiger partial charge in [0.1, 0.15) is 12.2 Å². The summed E-state index contributed by atoms with van der Waals surface area (Å²) in [5.74, 6) is 2.39. The maximum atomic E-state index is 12.5. The summed E-state index contributed by atoms with van der Waals surface area (Å²) in [6.07, 6.45) is 1.55. The fraction of sp³-hybridized carbons (Fsp3) is 0.154. The first kappa shape index (κ1) is 24.4. The van der Waals surface area contributed by atoms with Gasteiger partial charge in [-0.2, -0.15) is 5.10 Å². The van der Waals surface area contributed by atoms with Crippen LogP contribution in [0.4, 0.5) is 0 Å². The highest BCUT2D eigenvalue weighted by atomic mass is 127. The highest BCUT2D eigenvalue weighted by Gasteiger charge is 2.16. The lowest BCUT2D eigenvalue weighted by Gasteiger charge is -2.15. The van der Waals surface area contributed by atoms with Gasteiger partial charge in [0.05, 0.1) is 16.4 Å². The number of rotatable bonds is 8. The zero-order chi connectivity index (χ0) is 25.1. The average molecular weight is 663 g/mol. The van der Waals surface area contributed by atoms with Crippen LogP contribution in [-0.2, 0) is 6.61 Å². The van der Waals surface area contributed by atoms with Crippen molar-refractivity contribution in [1.82, 2.24) is 5.43 Å². The first-order valence-electron chi connectivity index (χ1n) is 11.0. The van der Waals surface area contributed by atoms with Crippen molar-refractivity contribution in [3.8, 4) is 23.0 Å². The van der Waals surface area contributed by atoms with Gasteiger partial charge in [-0.25, -0.2) is 5.43 Å². The Hall–Kier alpha value is -3.25. The van der Waals surface area contributed by atoms with Gasteiger partial charge in [0.25, 0.3) is 0 Å². The Morgan fingerprint density at radius 2 is 1.97 bits per heavy atom. The summed E-state index contributed by atoms with van der Waals surface area (Å²) in [5, 5.41) is 4.91. The van der Waals surface area contributed by atoms with Crippen LogP contribution >= 0.6 is 38.5 Å². The molecule has 1 N–H and O–H groups in total. The fourth-order valence-corrected chi connectivity index (χ4v) is 4.76. The molecule has 0 bridgehead atoms. The van der Waals surface area contributed by atoms with Crippen LogP contribution in [0.3, 0.4) is 0 Å². The molecule has 184 valence electrons. The van der Waals surface area contributed by atoms with E-state index < -0.39 is 5.91 Å². The van der Waals surface area contributed by atoms with Crippen LogP contribution in [0.25, 0.3) is 11.0 Å². The minimum absolute atomic E-state index is 0.178. The number of nitrogens with zero attached hydrogens (tertiary/aromatic N) is 1. The van der Waals surface area contributed by atoms with E-state index in [1.165, 1.54) is 0 Å². The molecule has 1 aliphatic heterocycles. The molecule has 0 saturated carbocycles. The van der Waals surface area contributed by atoms with E-state index in [1.54, 1.807) is 18.3 Å². The van der Waals surface area contributed by atoms with E-state index in [0.717, 1.165) is 30.3 Å². The monoisotopic (exact) mass is 662 g/mol. The van der Waals surface area contributed by atoms with Crippen LogP contribution in [0.1, 0.15) is 28.6 Å². The topological polar surface area (TPSA) is 91.5 Å². The molecule has 0 radical (unpaired) electrons. The van der Waals surface area contributed by atoms with E-state index in [-0.39, 0.29) is 12.6 Å². The van der Waals surface area contributed by atoms with Gasteiger partial charge in [-0.15, -0.1) is 0 Å². The average Bonchev–Trinajstić information content (AvgIpc) is 3.50. The van der Waals surface area contributed by atoms with Crippen LogP contribution in [0.15, 0.2) is 68.6 Å². The predicted molar refractivity (Wildman–Crippen MR) is 146 cm³/mol. The molecule has 0 atom stereocenters. The molecular weight excluding hydrogens is 643 g/mol. The van der Waals surface area contributed by atoms with E-state index >= 15 is 0 Å². The first-order valence-corrected chi connectivity index (χ1v) is 12.9. The normalized spacial score (nSPS) is 12.3. The molecule has 0 fully saturated rings. The van der Waals surface area contributed by atoms with Gasteiger partial charge in [-0.3, -0.25) is 4.79 Å². The van der Waals surface area contributed by atoms with E-state index in [2.05, 4.69) is 49.0 Å². The number of amides is 1. The van der Waals surface area contributed by atoms with Crippen molar-refractivity contribution in [1.29, 1.82) is 0 Å². The Labute approximate surface area is 228 Å². The lowest BCUT2D eigenvalue weighted by Crippen LogP contribution is -2.16. The molecular formula is C26H20BrIN2O6. The van der Waals surface area contributed by atoms with Gasteiger partial charge in [0.2, 0.25) is 6.79 Å². The summed E-state index contributed by atoms with van der Waals surface area (Å²) in [7, 11) is 0. The third-order valence-corrected chi connectivity index (χ3v) is 6.53. The molecule has 1 aromatic heterocycles. The van der Waals surface area contributed by atoms with E-state index in [4.69, 9.17) is 23.4 Å². The van der Waals surface area contributed by atoms with Gasteiger partial charge in [0.15, 0.2) is 28.8 Å². The molecule has 5 rings (SSSR count). The molecule has 8 nitrogen and oxygen atoms in total. The molecule has 2 heterocycles. The van der Waals surface area contributed by atoms with Crippen molar-refractivity contribution in [2.45, 2.75) is 13.5 Å². The van der Waals surface area contributed by atoms with E-state index in [1.807, 2.05) is 49.4 Å². The van der Waals surface area contributed by atoms with Crippen molar-refractivity contribution in [3.05, 3.63) is 79.5 Å². The van der Waals surface area contributed by atoms with Crippen LogP contribution in [0.5, 0.6) is 23.0 Å². The van der Waals surface area contributed by atoms with Crippen molar-refractivity contribution < 1.29 is 28.2 Å². The van der Waals surface area contributed by atoms with Crippen molar-refractivity contribution in [2.24, 2.45) is 5.10 Å². The van der Waals surface area contributed by atoms with Gasteiger partial charge >= 0.3 is 5.91 Å². The molecule has 4 aromatic rings. The molecule has 36 heavy (non-hydrogen) atoms. The van der Waals surface area contributed by atoms with Crippen molar-refractivity contribution >= 4 is 61.6 Å². The van der Waals surface area contributed by atoms with Gasteiger partial charge in [-0.1, -0.05) is 22.0 Å². The minimum atomic E-state index is -0.443. The summed E-state index contributed by atoms with van der Waals surface area (Å²) in [4.78, 5) is 12.5. The number of furan rings is 1. The summed E-state index contributed by atoms with van der Waals surface area (Å²) in [5.41, 5.74) is 4.82. The first-order chi connectivity index (χ1) is 17.5. The quantitative estimate of drug-likeness (QED) is 0.136. The number of benzene rings is 3. The van der Waals surface area contributed by atoms with E-state index in [9.17, 15) is 4.79 Å². The third-order valence-electron chi connectivity index (χ3n) is 5.23. The molecule has 1 aliphatic rings. The van der Waals surface area contributed by atoms with Crippen LogP contribution in [-0.4, -0.2) is 25.5 Å². The SMILES string of the molecule is CCOc1cc(/C=N/NC(=O)c2cc3cc(Br)ccc3o2)cc(I)c1OCc1ccc2c(c1)OCO2. The fourth-order valence-electron chi connectivity index (χ4n) is 3.60. The predicted octanol–water partition coefficient (Wildman–Crippen LogP) is 6.27. The minimum Gasteiger partial charge on any atom is -0.490 e. The number of ether oxygens (including phenoxy) is 4. The maximum absolute atomic E-state index is 12.5. The molecule has 1 amide bonds. The number of carbonyl (C=O) groups is 1. The van der Waals surface area contributed by atoms with Crippen LogP contribution in [0, 0.1) is 3.57 Å². The third kappa shape index (κ3) is 5.44. The number of fused-ring (bicyclic) bond motifs is 2. The molecule has 3 aromatic carbocycles. The second-order valence-corrected chi connectivity index (χ2v) is 9.81. The van der Waals surface area contributed by atoms with Gasteiger partial charge < -0.3 is 23.4 Å². The second kappa shape index (κ2) is 10.8.